The topological polar surface area (TPSA) is 54.4 Å². The minimum atomic E-state index is 0.129. The summed E-state index contributed by atoms with van der Waals surface area (Å²) >= 11 is 5.95. The summed E-state index contributed by atoms with van der Waals surface area (Å²) in [5, 5.41) is 4.20. The van der Waals surface area contributed by atoms with Crippen LogP contribution in [0, 0.1) is 5.92 Å². The smallest absolute Gasteiger partial charge is 0.242 e. The molecule has 1 atom stereocenters. The van der Waals surface area contributed by atoms with Crippen LogP contribution < -0.4 is 5.32 Å². The Morgan fingerprint density at radius 1 is 1.13 bits per heavy atom. The van der Waals surface area contributed by atoms with E-state index < -0.39 is 0 Å². The first-order valence-corrected chi connectivity index (χ1v) is 11.2. The summed E-state index contributed by atoms with van der Waals surface area (Å²) in [6.45, 7) is 11.2. The number of nitrogens with one attached hydrogen (secondary N) is 1. The molecule has 0 spiro atoms. The Balaban J connectivity index is 1.43. The number of hydrogen-bond acceptors (Lipinski definition) is 4. The second-order valence-corrected chi connectivity index (χ2v) is 8.94. The zero-order valence-electron chi connectivity index (χ0n) is 18.5. The average Bonchev–Trinajstić information content (AvgIpc) is 2.73. The van der Waals surface area contributed by atoms with Crippen LogP contribution in [-0.4, -0.2) is 104 Å². The largest absolute Gasteiger partial charge is 0.356 e. The molecule has 1 aromatic carbocycles. The van der Waals surface area contributed by atoms with Crippen molar-refractivity contribution in [2.75, 3.05) is 73.0 Å². The zero-order chi connectivity index (χ0) is 21.5. The Kier molecular flexibility index (Phi) is 8.36. The van der Waals surface area contributed by atoms with Gasteiger partial charge in [-0.1, -0.05) is 30.7 Å². The van der Waals surface area contributed by atoms with Crippen molar-refractivity contribution < 1.29 is 4.79 Å². The number of benzene rings is 1. The minimum Gasteiger partial charge on any atom is -0.356 e. The Morgan fingerprint density at radius 3 is 2.47 bits per heavy atom. The molecule has 2 saturated heterocycles. The molecule has 0 saturated carbocycles. The molecule has 1 unspecified atom stereocenters. The van der Waals surface area contributed by atoms with Gasteiger partial charge in [-0.2, -0.15) is 0 Å². The molecule has 1 N–H and O–H groups in total. The monoisotopic (exact) mass is 434 g/mol. The third kappa shape index (κ3) is 6.59. The molecule has 2 fully saturated rings. The first-order valence-electron chi connectivity index (χ1n) is 10.8. The molecule has 1 amide bonds. The maximum atomic E-state index is 12.7. The molecule has 2 aliphatic heterocycles. The van der Waals surface area contributed by atoms with Crippen LogP contribution >= 0.6 is 11.6 Å². The maximum absolute atomic E-state index is 12.7. The summed E-state index contributed by atoms with van der Waals surface area (Å²) in [4.78, 5) is 26.0. The van der Waals surface area contributed by atoms with E-state index in [9.17, 15) is 4.79 Å². The number of aliphatic imine (C=N–C) groups is 1. The molecule has 166 valence electrons. The third-order valence-corrected chi connectivity index (χ3v) is 6.14. The van der Waals surface area contributed by atoms with Crippen LogP contribution in [-0.2, 0) is 11.3 Å². The van der Waals surface area contributed by atoms with Gasteiger partial charge in [-0.25, -0.2) is 0 Å². The highest BCUT2D eigenvalue weighted by atomic mass is 35.5. The SMILES string of the molecule is CN=C(NCC(C)CN1CCN(C)CC1)N1CCN(Cc2ccc(Cl)cc2)C(=O)C1. The lowest BCUT2D eigenvalue weighted by molar-refractivity contribution is -0.135. The predicted octanol–water partition coefficient (Wildman–Crippen LogP) is 1.44. The quantitative estimate of drug-likeness (QED) is 0.542. The molecule has 0 aliphatic carbocycles. The molecule has 0 radical (unpaired) electrons. The van der Waals surface area contributed by atoms with Gasteiger partial charge in [-0.3, -0.25) is 9.79 Å². The van der Waals surface area contributed by atoms with Gasteiger partial charge in [0.25, 0.3) is 0 Å². The zero-order valence-corrected chi connectivity index (χ0v) is 19.2. The molecule has 0 bridgehead atoms. The number of hydrogen-bond donors (Lipinski definition) is 1. The van der Waals surface area contributed by atoms with Crippen LogP contribution in [0.2, 0.25) is 5.02 Å². The number of rotatable bonds is 6. The molecule has 2 heterocycles. The summed E-state index contributed by atoms with van der Waals surface area (Å²) in [7, 11) is 3.97. The number of carbonyl (C=O) groups is 1. The summed E-state index contributed by atoms with van der Waals surface area (Å²) in [5.74, 6) is 1.47. The van der Waals surface area contributed by atoms with E-state index in [1.165, 1.54) is 0 Å². The standard InChI is InChI=1S/C22H35ClN6O/c1-18(15-27-10-8-26(3)9-11-27)14-25-22(24-2)29-13-12-28(21(30)17-29)16-19-4-6-20(23)7-5-19/h4-7,18H,8-17H2,1-3H3,(H,24,25). The van der Waals surface area contributed by atoms with Crippen LogP contribution in [0.15, 0.2) is 29.3 Å². The van der Waals surface area contributed by atoms with Crippen molar-refractivity contribution in [3.05, 3.63) is 34.9 Å². The Bertz CT molecular complexity index is 717. The number of likely N-dealkylation sites (N-methyl/N-ethyl adjacent to an activating group) is 1. The highest BCUT2D eigenvalue weighted by Gasteiger charge is 2.26. The first kappa shape index (κ1) is 22.8. The van der Waals surface area contributed by atoms with E-state index in [1.54, 1.807) is 7.05 Å². The van der Waals surface area contributed by atoms with E-state index in [1.807, 2.05) is 29.2 Å². The summed E-state index contributed by atoms with van der Waals surface area (Å²) in [6, 6.07) is 7.69. The van der Waals surface area contributed by atoms with Crippen LogP contribution in [0.4, 0.5) is 0 Å². The van der Waals surface area contributed by atoms with E-state index in [0.717, 1.165) is 57.3 Å². The lowest BCUT2D eigenvalue weighted by atomic mass is 10.1. The van der Waals surface area contributed by atoms with Crippen LogP contribution in [0.25, 0.3) is 0 Å². The Morgan fingerprint density at radius 2 is 1.83 bits per heavy atom. The molecule has 3 rings (SSSR count). The van der Waals surface area contributed by atoms with Gasteiger partial charge in [0.05, 0.1) is 6.54 Å². The molecule has 30 heavy (non-hydrogen) atoms. The van der Waals surface area contributed by atoms with Gasteiger partial charge in [0.2, 0.25) is 5.91 Å². The number of amides is 1. The van der Waals surface area contributed by atoms with Crippen molar-refractivity contribution in [1.29, 1.82) is 0 Å². The minimum absolute atomic E-state index is 0.129. The van der Waals surface area contributed by atoms with Gasteiger partial charge in [0.15, 0.2) is 5.96 Å². The number of guanidine groups is 1. The van der Waals surface area contributed by atoms with Gasteiger partial charge in [0, 0.05) is 71.0 Å². The van der Waals surface area contributed by atoms with Gasteiger partial charge < -0.3 is 24.9 Å². The second kappa shape index (κ2) is 11.0. The molecular weight excluding hydrogens is 400 g/mol. The predicted molar refractivity (Wildman–Crippen MR) is 123 cm³/mol. The lowest BCUT2D eigenvalue weighted by Gasteiger charge is -2.37. The van der Waals surface area contributed by atoms with Crippen molar-refractivity contribution in [1.82, 2.24) is 24.9 Å². The highest BCUT2D eigenvalue weighted by molar-refractivity contribution is 6.30. The normalized spacial score (nSPS) is 20.5. The van der Waals surface area contributed by atoms with Crippen molar-refractivity contribution in [3.63, 3.8) is 0 Å². The van der Waals surface area contributed by atoms with Gasteiger partial charge in [-0.15, -0.1) is 0 Å². The van der Waals surface area contributed by atoms with E-state index in [0.29, 0.717) is 30.6 Å². The van der Waals surface area contributed by atoms with Crippen molar-refractivity contribution in [2.24, 2.45) is 10.9 Å². The fraction of sp³-hybridized carbons (Fsp3) is 0.636. The van der Waals surface area contributed by atoms with Crippen LogP contribution in [0.1, 0.15) is 12.5 Å². The second-order valence-electron chi connectivity index (χ2n) is 8.50. The molecule has 2 aliphatic rings. The van der Waals surface area contributed by atoms with Crippen LogP contribution in [0.5, 0.6) is 0 Å². The number of carbonyl (C=O) groups excluding carboxylic acids is 1. The molecular formula is C22H35ClN6O. The molecule has 7 nitrogen and oxygen atoms in total. The first-order chi connectivity index (χ1) is 14.4. The van der Waals surface area contributed by atoms with Crippen molar-refractivity contribution in [3.8, 4) is 0 Å². The number of halogens is 1. The number of piperazine rings is 2. The fourth-order valence-electron chi connectivity index (χ4n) is 4.00. The van der Waals surface area contributed by atoms with Crippen LogP contribution in [0.3, 0.4) is 0 Å². The van der Waals surface area contributed by atoms with Gasteiger partial charge in [-0.05, 0) is 30.7 Å². The molecule has 8 heteroatoms. The molecule has 0 aromatic heterocycles. The number of nitrogens with zero attached hydrogens (tertiary/aromatic N) is 5. The van der Waals surface area contributed by atoms with E-state index in [4.69, 9.17) is 11.6 Å². The van der Waals surface area contributed by atoms with E-state index >= 15 is 0 Å². The molecule has 1 aromatic rings. The average molecular weight is 435 g/mol. The van der Waals surface area contributed by atoms with Gasteiger partial charge in [0.1, 0.15) is 0 Å². The summed E-state index contributed by atoms with van der Waals surface area (Å²) in [5.41, 5.74) is 1.10. The van der Waals surface area contributed by atoms with E-state index in [2.05, 4.69) is 39.0 Å². The highest BCUT2D eigenvalue weighted by Crippen LogP contribution is 2.14. The van der Waals surface area contributed by atoms with E-state index in [-0.39, 0.29) is 5.91 Å². The third-order valence-electron chi connectivity index (χ3n) is 5.89. The van der Waals surface area contributed by atoms with Crippen molar-refractivity contribution in [2.45, 2.75) is 13.5 Å². The Labute approximate surface area is 185 Å². The summed E-state index contributed by atoms with van der Waals surface area (Å²) in [6.07, 6.45) is 0. The maximum Gasteiger partial charge on any atom is 0.242 e. The Hall–Kier alpha value is -1.83. The summed E-state index contributed by atoms with van der Waals surface area (Å²) < 4.78 is 0. The fourth-order valence-corrected chi connectivity index (χ4v) is 4.13. The van der Waals surface area contributed by atoms with Crippen molar-refractivity contribution >= 4 is 23.5 Å². The van der Waals surface area contributed by atoms with Gasteiger partial charge >= 0.3 is 0 Å². The lowest BCUT2D eigenvalue weighted by Crippen LogP contribution is -2.55.